The molecule has 0 unspecified atom stereocenters. The van der Waals surface area contributed by atoms with E-state index in [1.807, 2.05) is 47.8 Å². The minimum atomic E-state index is -0.0710. The van der Waals surface area contributed by atoms with Crippen molar-refractivity contribution in [3.63, 3.8) is 0 Å². The number of thiazole rings is 1. The van der Waals surface area contributed by atoms with Crippen molar-refractivity contribution in [3.8, 4) is 21.8 Å². The van der Waals surface area contributed by atoms with Gasteiger partial charge in [-0.15, -0.1) is 11.3 Å². The predicted molar refractivity (Wildman–Crippen MR) is 95.0 cm³/mol. The van der Waals surface area contributed by atoms with Gasteiger partial charge in [0.05, 0.1) is 5.69 Å². The SMILES string of the molecule is CC(=O)Nc1ccc(-c2csc(-c3cccc(Br)c3)n2)cc1. The number of hydrogen-bond acceptors (Lipinski definition) is 3. The van der Waals surface area contributed by atoms with Gasteiger partial charge in [0, 0.05) is 33.6 Å². The number of carbonyl (C=O) groups is 1. The lowest BCUT2D eigenvalue weighted by Crippen LogP contribution is -2.05. The Morgan fingerprint density at radius 2 is 1.91 bits per heavy atom. The van der Waals surface area contributed by atoms with Gasteiger partial charge in [-0.1, -0.05) is 40.2 Å². The molecule has 0 aliphatic heterocycles. The van der Waals surface area contributed by atoms with Crippen molar-refractivity contribution in [2.45, 2.75) is 6.92 Å². The number of aromatic nitrogens is 1. The number of halogens is 1. The van der Waals surface area contributed by atoms with Gasteiger partial charge >= 0.3 is 0 Å². The maximum Gasteiger partial charge on any atom is 0.221 e. The summed E-state index contributed by atoms with van der Waals surface area (Å²) in [5, 5.41) is 5.79. The standard InChI is InChI=1S/C17H13BrN2OS/c1-11(21)19-15-7-5-12(6-8-15)16-10-22-17(20-16)13-3-2-4-14(18)9-13/h2-10H,1H3,(H,19,21). The third-order valence-corrected chi connectivity index (χ3v) is 4.46. The van der Waals surface area contributed by atoms with Crippen molar-refractivity contribution in [3.05, 3.63) is 58.4 Å². The van der Waals surface area contributed by atoms with Gasteiger partial charge in [-0.2, -0.15) is 0 Å². The Kier molecular flexibility index (Phi) is 4.36. The third kappa shape index (κ3) is 3.43. The summed E-state index contributed by atoms with van der Waals surface area (Å²) < 4.78 is 1.04. The summed E-state index contributed by atoms with van der Waals surface area (Å²) in [6.07, 6.45) is 0. The molecule has 0 bridgehead atoms. The van der Waals surface area contributed by atoms with E-state index >= 15 is 0 Å². The highest BCUT2D eigenvalue weighted by Crippen LogP contribution is 2.30. The molecule has 0 atom stereocenters. The van der Waals surface area contributed by atoms with Crippen molar-refractivity contribution >= 4 is 38.9 Å². The normalized spacial score (nSPS) is 10.5. The van der Waals surface area contributed by atoms with Crippen molar-refractivity contribution in [2.75, 3.05) is 5.32 Å². The van der Waals surface area contributed by atoms with E-state index in [-0.39, 0.29) is 5.91 Å². The molecule has 3 aromatic rings. The zero-order valence-corrected chi connectivity index (χ0v) is 14.2. The highest BCUT2D eigenvalue weighted by atomic mass is 79.9. The van der Waals surface area contributed by atoms with Gasteiger partial charge in [-0.05, 0) is 24.3 Å². The van der Waals surface area contributed by atoms with Crippen LogP contribution in [0.2, 0.25) is 0 Å². The van der Waals surface area contributed by atoms with E-state index in [1.165, 1.54) is 6.92 Å². The summed E-state index contributed by atoms with van der Waals surface area (Å²) in [6.45, 7) is 1.50. The molecule has 110 valence electrons. The van der Waals surface area contributed by atoms with Crippen LogP contribution in [0.3, 0.4) is 0 Å². The Labute approximate surface area is 141 Å². The van der Waals surface area contributed by atoms with E-state index in [0.717, 1.165) is 32.0 Å². The number of benzene rings is 2. The topological polar surface area (TPSA) is 42.0 Å². The Morgan fingerprint density at radius 3 is 2.59 bits per heavy atom. The van der Waals surface area contributed by atoms with Crippen LogP contribution in [0.15, 0.2) is 58.4 Å². The van der Waals surface area contributed by atoms with E-state index in [0.29, 0.717) is 0 Å². The van der Waals surface area contributed by atoms with Crippen LogP contribution in [0.1, 0.15) is 6.92 Å². The minimum absolute atomic E-state index is 0.0710. The molecule has 22 heavy (non-hydrogen) atoms. The van der Waals surface area contributed by atoms with Crippen LogP contribution in [0.5, 0.6) is 0 Å². The van der Waals surface area contributed by atoms with Crippen LogP contribution in [0.25, 0.3) is 21.8 Å². The highest BCUT2D eigenvalue weighted by Gasteiger charge is 2.07. The van der Waals surface area contributed by atoms with Crippen LogP contribution < -0.4 is 5.32 Å². The second-order valence-electron chi connectivity index (χ2n) is 4.81. The maximum atomic E-state index is 11.0. The molecule has 0 saturated heterocycles. The average Bonchev–Trinajstić information content (AvgIpc) is 2.97. The van der Waals surface area contributed by atoms with E-state index in [2.05, 4.69) is 27.3 Å². The lowest BCUT2D eigenvalue weighted by Gasteiger charge is -2.02. The van der Waals surface area contributed by atoms with Crippen LogP contribution in [0, 0.1) is 0 Å². The molecule has 0 radical (unpaired) electrons. The van der Waals surface area contributed by atoms with Crippen molar-refractivity contribution < 1.29 is 4.79 Å². The number of rotatable bonds is 3. The fourth-order valence-corrected chi connectivity index (χ4v) is 3.31. The summed E-state index contributed by atoms with van der Waals surface area (Å²) in [6, 6.07) is 15.8. The van der Waals surface area contributed by atoms with Gasteiger partial charge in [0.2, 0.25) is 5.91 Å². The van der Waals surface area contributed by atoms with Crippen LogP contribution in [-0.2, 0) is 4.79 Å². The molecule has 3 rings (SSSR count). The predicted octanol–water partition coefficient (Wildman–Crippen LogP) is 5.20. The van der Waals surface area contributed by atoms with E-state index in [9.17, 15) is 4.79 Å². The van der Waals surface area contributed by atoms with E-state index in [4.69, 9.17) is 4.98 Å². The third-order valence-electron chi connectivity index (χ3n) is 3.08. The maximum absolute atomic E-state index is 11.0. The second-order valence-corrected chi connectivity index (χ2v) is 6.58. The number of hydrogen-bond donors (Lipinski definition) is 1. The number of anilines is 1. The molecule has 0 saturated carbocycles. The van der Waals surface area contributed by atoms with Crippen molar-refractivity contribution in [1.29, 1.82) is 0 Å². The smallest absolute Gasteiger partial charge is 0.221 e. The van der Waals surface area contributed by atoms with Gasteiger partial charge in [0.1, 0.15) is 5.01 Å². The van der Waals surface area contributed by atoms with Gasteiger partial charge < -0.3 is 5.32 Å². The second kappa shape index (κ2) is 6.42. The molecule has 2 aromatic carbocycles. The molecule has 1 amide bonds. The van der Waals surface area contributed by atoms with Crippen molar-refractivity contribution in [2.24, 2.45) is 0 Å². The Balaban J connectivity index is 1.86. The molecule has 0 spiro atoms. The number of nitrogens with one attached hydrogen (secondary N) is 1. The minimum Gasteiger partial charge on any atom is -0.326 e. The van der Waals surface area contributed by atoms with E-state index in [1.54, 1.807) is 11.3 Å². The molecule has 1 aromatic heterocycles. The number of carbonyl (C=O) groups excluding carboxylic acids is 1. The molecule has 0 fully saturated rings. The first kappa shape index (κ1) is 14.9. The molecule has 3 nitrogen and oxygen atoms in total. The zero-order chi connectivity index (χ0) is 15.5. The molecular weight excluding hydrogens is 360 g/mol. The number of amides is 1. The molecule has 5 heteroatoms. The average molecular weight is 373 g/mol. The van der Waals surface area contributed by atoms with Gasteiger partial charge in [-0.3, -0.25) is 4.79 Å². The Morgan fingerprint density at radius 1 is 1.14 bits per heavy atom. The quantitative estimate of drug-likeness (QED) is 0.686. The lowest BCUT2D eigenvalue weighted by molar-refractivity contribution is -0.114. The Hall–Kier alpha value is -1.98. The highest BCUT2D eigenvalue weighted by molar-refractivity contribution is 9.10. The molecule has 0 aliphatic carbocycles. The summed E-state index contributed by atoms with van der Waals surface area (Å²) in [5.41, 5.74) is 3.86. The first-order chi connectivity index (χ1) is 10.6. The van der Waals surface area contributed by atoms with Crippen LogP contribution >= 0.6 is 27.3 Å². The largest absolute Gasteiger partial charge is 0.326 e. The molecular formula is C17H13BrN2OS. The van der Waals surface area contributed by atoms with Crippen molar-refractivity contribution in [1.82, 2.24) is 4.98 Å². The summed E-state index contributed by atoms with van der Waals surface area (Å²) in [7, 11) is 0. The van der Waals surface area contributed by atoms with Gasteiger partial charge in [0.25, 0.3) is 0 Å². The van der Waals surface area contributed by atoms with Crippen LogP contribution in [-0.4, -0.2) is 10.9 Å². The van der Waals surface area contributed by atoms with Gasteiger partial charge in [-0.25, -0.2) is 4.98 Å². The summed E-state index contributed by atoms with van der Waals surface area (Å²) in [5.74, 6) is -0.0710. The first-order valence-corrected chi connectivity index (χ1v) is 8.38. The van der Waals surface area contributed by atoms with Crippen LogP contribution in [0.4, 0.5) is 5.69 Å². The number of nitrogens with zero attached hydrogens (tertiary/aromatic N) is 1. The fourth-order valence-electron chi connectivity index (χ4n) is 2.09. The summed E-state index contributed by atoms with van der Waals surface area (Å²) >= 11 is 5.10. The zero-order valence-electron chi connectivity index (χ0n) is 11.8. The molecule has 0 aliphatic rings. The van der Waals surface area contributed by atoms with E-state index < -0.39 is 0 Å². The monoisotopic (exact) mass is 372 g/mol. The first-order valence-electron chi connectivity index (χ1n) is 6.71. The lowest BCUT2D eigenvalue weighted by atomic mass is 10.1. The molecule has 1 N–H and O–H groups in total. The van der Waals surface area contributed by atoms with Gasteiger partial charge in [0.15, 0.2) is 0 Å². The summed E-state index contributed by atoms with van der Waals surface area (Å²) in [4.78, 5) is 15.7. The molecule has 1 heterocycles. The Bertz CT molecular complexity index is 812. The fraction of sp³-hybridized carbons (Fsp3) is 0.0588.